The third-order valence-corrected chi connectivity index (χ3v) is 4.11. The highest BCUT2D eigenvalue weighted by Gasteiger charge is 2.30. The van der Waals surface area contributed by atoms with Crippen molar-refractivity contribution in [3.8, 4) is 0 Å². The predicted molar refractivity (Wildman–Crippen MR) is 80.1 cm³/mol. The van der Waals surface area contributed by atoms with Crippen LogP contribution in [-0.2, 0) is 9.59 Å². The van der Waals surface area contributed by atoms with Crippen LogP contribution in [0, 0.1) is 5.92 Å². The molecule has 20 heavy (non-hydrogen) atoms. The molecular formula is C15H29N3O2. The van der Waals surface area contributed by atoms with Crippen LogP contribution in [0.4, 0.5) is 0 Å². The second-order valence-electron chi connectivity index (χ2n) is 5.66. The van der Waals surface area contributed by atoms with Crippen LogP contribution in [-0.4, -0.2) is 42.4 Å². The van der Waals surface area contributed by atoms with E-state index in [1.54, 1.807) is 4.90 Å². The zero-order chi connectivity index (χ0) is 15.0. The second kappa shape index (κ2) is 8.95. The minimum atomic E-state index is -0.415. The standard InChI is InChI=1S/C15H29N3O2/c1-3-5-6-12(4-2)15(20)18(11-14(16)19)13-7-9-17-10-8-13/h12-13,17H,3-11H2,1-2H3,(H2,16,19). The molecular weight excluding hydrogens is 254 g/mol. The van der Waals surface area contributed by atoms with Gasteiger partial charge in [0.1, 0.15) is 0 Å². The number of nitrogens with one attached hydrogen (secondary N) is 1. The number of carbonyl (C=O) groups is 2. The van der Waals surface area contributed by atoms with Gasteiger partial charge in [-0.2, -0.15) is 0 Å². The van der Waals surface area contributed by atoms with Crippen molar-refractivity contribution in [2.24, 2.45) is 11.7 Å². The Kier molecular flexibility index (Phi) is 7.59. The number of hydrogen-bond donors (Lipinski definition) is 2. The first-order chi connectivity index (χ1) is 9.60. The molecule has 1 aliphatic rings. The lowest BCUT2D eigenvalue weighted by atomic mass is 9.95. The number of nitrogens with zero attached hydrogens (tertiary/aromatic N) is 1. The molecule has 1 saturated heterocycles. The van der Waals surface area contributed by atoms with E-state index in [0.717, 1.165) is 51.6 Å². The molecule has 1 unspecified atom stereocenters. The summed E-state index contributed by atoms with van der Waals surface area (Å²) in [7, 11) is 0. The van der Waals surface area contributed by atoms with E-state index >= 15 is 0 Å². The molecule has 0 bridgehead atoms. The average molecular weight is 283 g/mol. The molecule has 3 N–H and O–H groups in total. The summed E-state index contributed by atoms with van der Waals surface area (Å²) in [5.74, 6) is -0.266. The second-order valence-corrected chi connectivity index (χ2v) is 5.66. The van der Waals surface area contributed by atoms with Crippen LogP contribution >= 0.6 is 0 Å². The Hall–Kier alpha value is -1.10. The smallest absolute Gasteiger partial charge is 0.237 e. The van der Waals surface area contributed by atoms with Crippen LogP contribution in [0.5, 0.6) is 0 Å². The Balaban J connectivity index is 2.73. The minimum absolute atomic E-state index is 0.0317. The summed E-state index contributed by atoms with van der Waals surface area (Å²) in [6.07, 6.45) is 5.70. The topological polar surface area (TPSA) is 75.4 Å². The fraction of sp³-hybridized carbons (Fsp3) is 0.867. The third-order valence-electron chi connectivity index (χ3n) is 4.11. The Bertz CT molecular complexity index is 314. The van der Waals surface area contributed by atoms with Gasteiger partial charge in [-0.3, -0.25) is 9.59 Å². The minimum Gasteiger partial charge on any atom is -0.368 e. The molecule has 1 heterocycles. The van der Waals surface area contributed by atoms with Crippen molar-refractivity contribution in [2.45, 2.75) is 58.4 Å². The van der Waals surface area contributed by atoms with Gasteiger partial charge in [-0.05, 0) is 38.8 Å². The zero-order valence-electron chi connectivity index (χ0n) is 12.9. The fourth-order valence-corrected chi connectivity index (χ4v) is 2.86. The van der Waals surface area contributed by atoms with E-state index in [2.05, 4.69) is 12.2 Å². The van der Waals surface area contributed by atoms with Crippen LogP contribution < -0.4 is 11.1 Å². The van der Waals surface area contributed by atoms with Crippen molar-refractivity contribution in [1.82, 2.24) is 10.2 Å². The van der Waals surface area contributed by atoms with Gasteiger partial charge < -0.3 is 16.0 Å². The van der Waals surface area contributed by atoms with E-state index in [0.29, 0.717) is 0 Å². The van der Waals surface area contributed by atoms with Gasteiger partial charge in [0.05, 0.1) is 6.54 Å². The summed E-state index contributed by atoms with van der Waals surface area (Å²) >= 11 is 0. The van der Waals surface area contributed by atoms with Gasteiger partial charge >= 0.3 is 0 Å². The number of amides is 2. The van der Waals surface area contributed by atoms with Crippen molar-refractivity contribution < 1.29 is 9.59 Å². The molecule has 1 atom stereocenters. The van der Waals surface area contributed by atoms with Crippen molar-refractivity contribution in [3.05, 3.63) is 0 Å². The first-order valence-corrected chi connectivity index (χ1v) is 7.89. The summed E-state index contributed by atoms with van der Waals surface area (Å²) in [6.45, 7) is 6.04. The molecule has 5 heteroatoms. The molecule has 0 aromatic rings. The quantitative estimate of drug-likeness (QED) is 0.704. The van der Waals surface area contributed by atoms with Crippen LogP contribution in [0.1, 0.15) is 52.4 Å². The number of nitrogens with two attached hydrogens (primary N) is 1. The number of primary amides is 1. The van der Waals surface area contributed by atoms with Gasteiger partial charge in [-0.1, -0.05) is 26.7 Å². The van der Waals surface area contributed by atoms with Gasteiger partial charge in [0.2, 0.25) is 11.8 Å². The van der Waals surface area contributed by atoms with Crippen LogP contribution in [0.3, 0.4) is 0 Å². The van der Waals surface area contributed by atoms with Crippen molar-refractivity contribution in [2.75, 3.05) is 19.6 Å². The summed E-state index contributed by atoms with van der Waals surface area (Å²) in [5.41, 5.74) is 5.33. The summed E-state index contributed by atoms with van der Waals surface area (Å²) in [5, 5.41) is 3.29. The maximum Gasteiger partial charge on any atom is 0.237 e. The number of rotatable bonds is 8. The molecule has 1 aliphatic heterocycles. The Morgan fingerprint density at radius 3 is 2.45 bits per heavy atom. The summed E-state index contributed by atoms with van der Waals surface area (Å²) < 4.78 is 0. The van der Waals surface area contributed by atoms with Crippen molar-refractivity contribution in [3.63, 3.8) is 0 Å². The lowest BCUT2D eigenvalue weighted by Crippen LogP contribution is -2.51. The van der Waals surface area contributed by atoms with Crippen molar-refractivity contribution in [1.29, 1.82) is 0 Å². The maximum absolute atomic E-state index is 12.7. The molecule has 1 rings (SSSR count). The SMILES string of the molecule is CCCCC(CC)C(=O)N(CC(N)=O)C1CCNCC1. The predicted octanol–water partition coefficient (Wildman–Crippen LogP) is 1.27. The molecule has 0 aromatic carbocycles. The van der Waals surface area contributed by atoms with Crippen LogP contribution in [0.2, 0.25) is 0 Å². The normalized spacial score (nSPS) is 17.7. The highest BCUT2D eigenvalue weighted by molar-refractivity contribution is 5.85. The number of carbonyl (C=O) groups excluding carboxylic acids is 2. The maximum atomic E-state index is 12.7. The highest BCUT2D eigenvalue weighted by Crippen LogP contribution is 2.20. The summed E-state index contributed by atoms with van der Waals surface area (Å²) in [4.78, 5) is 25.8. The van der Waals surface area contributed by atoms with Gasteiger partial charge in [0, 0.05) is 12.0 Å². The molecule has 0 radical (unpaired) electrons. The Labute approximate surface area is 122 Å². The van der Waals surface area contributed by atoms with Gasteiger partial charge in [0.15, 0.2) is 0 Å². The van der Waals surface area contributed by atoms with Gasteiger partial charge in [-0.25, -0.2) is 0 Å². The Morgan fingerprint density at radius 1 is 1.30 bits per heavy atom. The van der Waals surface area contributed by atoms with E-state index < -0.39 is 5.91 Å². The Morgan fingerprint density at radius 2 is 1.95 bits per heavy atom. The molecule has 116 valence electrons. The number of piperidine rings is 1. The number of hydrogen-bond acceptors (Lipinski definition) is 3. The number of unbranched alkanes of at least 4 members (excludes halogenated alkanes) is 1. The van der Waals surface area contributed by atoms with Gasteiger partial charge in [0.25, 0.3) is 0 Å². The lowest BCUT2D eigenvalue weighted by Gasteiger charge is -2.36. The lowest BCUT2D eigenvalue weighted by molar-refractivity contribution is -0.142. The molecule has 0 aliphatic carbocycles. The van der Waals surface area contributed by atoms with Crippen molar-refractivity contribution >= 4 is 11.8 Å². The molecule has 2 amide bonds. The van der Waals surface area contributed by atoms with E-state index in [9.17, 15) is 9.59 Å². The largest absolute Gasteiger partial charge is 0.368 e. The first kappa shape index (κ1) is 17.0. The third kappa shape index (κ3) is 5.12. The van der Waals surface area contributed by atoms with E-state index in [-0.39, 0.29) is 24.4 Å². The van der Waals surface area contributed by atoms with E-state index in [1.807, 2.05) is 6.92 Å². The van der Waals surface area contributed by atoms with E-state index in [1.165, 1.54) is 0 Å². The molecule has 0 saturated carbocycles. The van der Waals surface area contributed by atoms with Crippen LogP contribution in [0.25, 0.3) is 0 Å². The molecule has 1 fully saturated rings. The molecule has 0 spiro atoms. The average Bonchev–Trinajstić information content (AvgIpc) is 2.46. The van der Waals surface area contributed by atoms with Gasteiger partial charge in [-0.15, -0.1) is 0 Å². The highest BCUT2D eigenvalue weighted by atomic mass is 16.2. The zero-order valence-corrected chi connectivity index (χ0v) is 12.9. The summed E-state index contributed by atoms with van der Waals surface area (Å²) in [6, 6.07) is 0.159. The first-order valence-electron chi connectivity index (χ1n) is 7.89. The fourth-order valence-electron chi connectivity index (χ4n) is 2.86. The van der Waals surface area contributed by atoms with E-state index in [4.69, 9.17) is 5.73 Å². The molecule has 0 aromatic heterocycles. The monoisotopic (exact) mass is 283 g/mol. The van der Waals surface area contributed by atoms with Crippen LogP contribution in [0.15, 0.2) is 0 Å². The molecule has 5 nitrogen and oxygen atoms in total.